The Morgan fingerprint density at radius 2 is 1.69 bits per heavy atom. The van der Waals surface area contributed by atoms with Gasteiger partial charge in [0.25, 0.3) is 0 Å². The molecule has 0 saturated carbocycles. The summed E-state index contributed by atoms with van der Waals surface area (Å²) in [5, 5.41) is 9.79. The van der Waals surface area contributed by atoms with Crippen LogP contribution in [0.25, 0.3) is 0 Å². The number of para-hydroxylation sites is 1. The van der Waals surface area contributed by atoms with Crippen LogP contribution in [0.4, 0.5) is 4.39 Å². The second-order valence-corrected chi connectivity index (χ2v) is 8.14. The van der Waals surface area contributed by atoms with Gasteiger partial charge in [0.15, 0.2) is 16.7 Å². The Bertz CT molecular complexity index is 912. The van der Waals surface area contributed by atoms with Crippen molar-refractivity contribution in [3.05, 3.63) is 71.8 Å². The van der Waals surface area contributed by atoms with Gasteiger partial charge in [-0.3, -0.25) is 4.90 Å². The van der Waals surface area contributed by atoms with E-state index in [0.717, 1.165) is 37.2 Å². The molecule has 3 aromatic rings. The molecule has 4 rings (SSSR count). The van der Waals surface area contributed by atoms with Crippen molar-refractivity contribution in [2.24, 2.45) is 0 Å². The maximum atomic E-state index is 13.7. The lowest BCUT2D eigenvalue weighted by Crippen LogP contribution is -2.21. The van der Waals surface area contributed by atoms with Crippen molar-refractivity contribution >= 4 is 11.8 Å². The normalized spacial score (nSPS) is 14.4. The molecule has 2 aromatic carbocycles. The van der Waals surface area contributed by atoms with Crippen LogP contribution < -0.4 is 4.74 Å². The van der Waals surface area contributed by atoms with E-state index in [1.54, 1.807) is 30.0 Å². The summed E-state index contributed by atoms with van der Waals surface area (Å²) in [6, 6.07) is 16.8. The van der Waals surface area contributed by atoms with E-state index in [1.165, 1.54) is 24.5 Å². The molecule has 1 saturated heterocycles. The lowest BCUT2D eigenvalue weighted by molar-refractivity contribution is 0.316. The molecular weight excluding hydrogens is 387 g/mol. The number of benzene rings is 2. The third-order valence-electron chi connectivity index (χ3n) is 4.95. The van der Waals surface area contributed by atoms with E-state index in [2.05, 4.69) is 43.9 Å². The number of likely N-dealkylation sites (tertiary alicyclic amines) is 1. The number of hydrogen-bond donors (Lipinski definition) is 0. The standard InChI is InChI=1S/C22H25FN4OS/c23-19-10-4-5-11-20(19)28-14-15-29-22-25-24-21(17-26-12-6-7-13-26)27(22)16-18-8-2-1-3-9-18/h1-5,8-11H,6-7,12-17H2. The van der Waals surface area contributed by atoms with Crippen molar-refractivity contribution in [3.8, 4) is 5.75 Å². The Morgan fingerprint density at radius 3 is 2.48 bits per heavy atom. The number of aromatic nitrogens is 3. The molecule has 7 heteroatoms. The van der Waals surface area contributed by atoms with Gasteiger partial charge in [-0.1, -0.05) is 54.2 Å². The Balaban J connectivity index is 1.42. The highest BCUT2D eigenvalue weighted by atomic mass is 32.2. The monoisotopic (exact) mass is 412 g/mol. The summed E-state index contributed by atoms with van der Waals surface area (Å²) >= 11 is 1.59. The largest absolute Gasteiger partial charge is 0.490 e. The summed E-state index contributed by atoms with van der Waals surface area (Å²) in [5.74, 6) is 1.62. The highest BCUT2D eigenvalue weighted by molar-refractivity contribution is 7.99. The predicted octanol–water partition coefficient (Wildman–Crippen LogP) is 4.23. The van der Waals surface area contributed by atoms with E-state index in [9.17, 15) is 4.39 Å². The molecular formula is C22H25FN4OS. The molecule has 1 aromatic heterocycles. The van der Waals surface area contributed by atoms with E-state index < -0.39 is 0 Å². The lowest BCUT2D eigenvalue weighted by atomic mass is 10.2. The van der Waals surface area contributed by atoms with E-state index in [1.807, 2.05) is 6.07 Å². The summed E-state index contributed by atoms with van der Waals surface area (Å²) < 4.78 is 21.4. The van der Waals surface area contributed by atoms with Gasteiger partial charge >= 0.3 is 0 Å². The Labute approximate surface area is 174 Å². The topological polar surface area (TPSA) is 43.2 Å². The molecule has 1 fully saturated rings. The molecule has 152 valence electrons. The second-order valence-electron chi connectivity index (χ2n) is 7.08. The van der Waals surface area contributed by atoms with Crippen LogP contribution in [0.1, 0.15) is 24.2 Å². The van der Waals surface area contributed by atoms with Gasteiger partial charge in [0.2, 0.25) is 0 Å². The minimum atomic E-state index is -0.336. The number of thioether (sulfide) groups is 1. The molecule has 0 aliphatic carbocycles. The SMILES string of the molecule is Fc1ccccc1OCCSc1nnc(CN2CCCC2)n1Cc1ccccc1. The van der Waals surface area contributed by atoms with E-state index in [-0.39, 0.29) is 11.6 Å². The fraction of sp³-hybridized carbons (Fsp3) is 0.364. The number of rotatable bonds is 9. The van der Waals surface area contributed by atoms with Gasteiger partial charge in [0.1, 0.15) is 5.82 Å². The molecule has 0 atom stereocenters. The number of hydrogen-bond acceptors (Lipinski definition) is 5. The first-order valence-corrected chi connectivity index (χ1v) is 11.0. The van der Waals surface area contributed by atoms with Crippen molar-refractivity contribution in [3.63, 3.8) is 0 Å². The first-order valence-electron chi connectivity index (χ1n) is 9.98. The van der Waals surface area contributed by atoms with Crippen LogP contribution in [-0.4, -0.2) is 45.1 Å². The van der Waals surface area contributed by atoms with Gasteiger partial charge in [0.05, 0.1) is 19.7 Å². The maximum absolute atomic E-state index is 13.7. The van der Waals surface area contributed by atoms with Crippen LogP contribution in [0.2, 0.25) is 0 Å². The zero-order chi connectivity index (χ0) is 19.9. The molecule has 0 radical (unpaired) electrons. The fourth-order valence-corrected chi connectivity index (χ4v) is 4.23. The van der Waals surface area contributed by atoms with Crippen LogP contribution in [0.3, 0.4) is 0 Å². The Morgan fingerprint density at radius 1 is 0.931 bits per heavy atom. The first-order chi connectivity index (χ1) is 14.3. The average molecular weight is 413 g/mol. The third kappa shape index (κ3) is 5.36. The summed E-state index contributed by atoms with van der Waals surface area (Å²) in [4.78, 5) is 2.43. The van der Waals surface area contributed by atoms with Crippen LogP contribution in [-0.2, 0) is 13.1 Å². The Kier molecular flexibility index (Phi) is 6.79. The molecule has 0 spiro atoms. The van der Waals surface area contributed by atoms with Gasteiger partial charge in [-0.05, 0) is 43.6 Å². The molecule has 0 unspecified atom stereocenters. The predicted molar refractivity (Wildman–Crippen MR) is 113 cm³/mol. The molecule has 0 N–H and O–H groups in total. The van der Waals surface area contributed by atoms with Crippen LogP contribution >= 0.6 is 11.8 Å². The highest BCUT2D eigenvalue weighted by Gasteiger charge is 2.18. The van der Waals surface area contributed by atoms with Crippen molar-refractivity contribution in [1.29, 1.82) is 0 Å². The molecule has 1 aliphatic heterocycles. The number of ether oxygens (including phenoxy) is 1. The van der Waals surface area contributed by atoms with Gasteiger partial charge in [-0.2, -0.15) is 0 Å². The lowest BCUT2D eigenvalue weighted by Gasteiger charge is -2.16. The van der Waals surface area contributed by atoms with Gasteiger partial charge in [0, 0.05) is 5.75 Å². The van der Waals surface area contributed by atoms with Crippen molar-refractivity contribution < 1.29 is 9.13 Å². The van der Waals surface area contributed by atoms with E-state index >= 15 is 0 Å². The molecule has 5 nitrogen and oxygen atoms in total. The molecule has 0 bridgehead atoms. The zero-order valence-electron chi connectivity index (χ0n) is 16.3. The molecule has 2 heterocycles. The molecule has 0 amide bonds. The third-order valence-corrected chi connectivity index (χ3v) is 5.88. The van der Waals surface area contributed by atoms with Crippen molar-refractivity contribution in [2.75, 3.05) is 25.4 Å². The summed E-state index contributed by atoms with van der Waals surface area (Å²) in [7, 11) is 0. The van der Waals surface area contributed by atoms with E-state index in [4.69, 9.17) is 4.74 Å². The minimum Gasteiger partial charge on any atom is -0.490 e. The smallest absolute Gasteiger partial charge is 0.191 e. The quantitative estimate of drug-likeness (QED) is 0.389. The van der Waals surface area contributed by atoms with E-state index in [0.29, 0.717) is 12.4 Å². The number of nitrogens with zero attached hydrogens (tertiary/aromatic N) is 4. The van der Waals surface area contributed by atoms with Crippen LogP contribution in [0.5, 0.6) is 5.75 Å². The zero-order valence-corrected chi connectivity index (χ0v) is 17.2. The van der Waals surface area contributed by atoms with Crippen LogP contribution in [0.15, 0.2) is 59.8 Å². The fourth-order valence-electron chi connectivity index (χ4n) is 3.45. The summed E-state index contributed by atoms with van der Waals surface area (Å²) in [6.45, 7) is 4.22. The molecule has 29 heavy (non-hydrogen) atoms. The number of halogens is 1. The summed E-state index contributed by atoms with van der Waals surface area (Å²) in [6.07, 6.45) is 2.50. The summed E-state index contributed by atoms with van der Waals surface area (Å²) in [5.41, 5.74) is 1.22. The van der Waals surface area contributed by atoms with Crippen molar-refractivity contribution in [2.45, 2.75) is 31.1 Å². The van der Waals surface area contributed by atoms with Gasteiger partial charge < -0.3 is 9.30 Å². The van der Waals surface area contributed by atoms with Crippen molar-refractivity contribution in [1.82, 2.24) is 19.7 Å². The maximum Gasteiger partial charge on any atom is 0.191 e. The van der Waals surface area contributed by atoms with Gasteiger partial charge in [-0.15, -0.1) is 10.2 Å². The second kappa shape index (κ2) is 9.89. The van der Waals surface area contributed by atoms with Crippen LogP contribution in [0, 0.1) is 5.82 Å². The van der Waals surface area contributed by atoms with Gasteiger partial charge in [-0.25, -0.2) is 4.39 Å². The first kappa shape index (κ1) is 19.9. The molecule has 1 aliphatic rings. The highest BCUT2D eigenvalue weighted by Crippen LogP contribution is 2.22. The average Bonchev–Trinajstić information content (AvgIpc) is 3.39. The Hall–Kier alpha value is -2.38. The minimum absolute atomic E-state index is 0.286.